The molecule has 2 heterocycles. The minimum absolute atomic E-state index is 0.0916. The van der Waals surface area contributed by atoms with Crippen LogP contribution in [0.1, 0.15) is 15.4 Å². The smallest absolute Gasteiger partial charge is 0.325 e. The molecule has 0 spiro atoms. The van der Waals surface area contributed by atoms with Gasteiger partial charge in [-0.3, -0.25) is 9.59 Å². The zero-order chi connectivity index (χ0) is 13.8. The highest BCUT2D eigenvalue weighted by Gasteiger charge is 2.12. The minimum Gasteiger partial charge on any atom is -0.480 e. The Morgan fingerprint density at radius 1 is 1.53 bits per heavy atom. The van der Waals surface area contributed by atoms with Crippen molar-refractivity contribution in [2.45, 2.75) is 13.1 Å². The number of carboxylic acid groups (broad SMARTS) is 1. The molecule has 7 nitrogen and oxygen atoms in total. The number of rotatable bonds is 5. The maximum atomic E-state index is 11.8. The Balaban J connectivity index is 1.94. The van der Waals surface area contributed by atoms with Crippen LogP contribution in [-0.2, 0) is 17.9 Å². The molecule has 2 aromatic rings. The first-order valence-electron chi connectivity index (χ1n) is 5.18. The molecule has 0 radical (unpaired) electrons. The number of amides is 1. The first kappa shape index (κ1) is 13.7. The van der Waals surface area contributed by atoms with Gasteiger partial charge in [-0.2, -0.15) is 0 Å². The number of carbonyl (C=O) groups excluding carboxylic acids is 1. The Labute approximate surface area is 120 Å². The Morgan fingerprint density at radius 2 is 2.32 bits per heavy atom. The van der Waals surface area contributed by atoms with E-state index in [-0.39, 0.29) is 12.2 Å². The van der Waals surface area contributed by atoms with Crippen LogP contribution in [0.2, 0.25) is 0 Å². The summed E-state index contributed by atoms with van der Waals surface area (Å²) in [6.07, 6.45) is 1.30. The van der Waals surface area contributed by atoms with Crippen molar-refractivity contribution >= 4 is 39.1 Å². The largest absolute Gasteiger partial charge is 0.480 e. The van der Waals surface area contributed by atoms with Gasteiger partial charge in [0.25, 0.3) is 5.91 Å². The van der Waals surface area contributed by atoms with Gasteiger partial charge in [0, 0.05) is 9.35 Å². The van der Waals surface area contributed by atoms with E-state index >= 15 is 0 Å². The van der Waals surface area contributed by atoms with E-state index in [0.29, 0.717) is 6.54 Å². The molecule has 0 unspecified atom stereocenters. The number of halogens is 1. The number of thiophene rings is 1. The summed E-state index contributed by atoms with van der Waals surface area (Å²) in [6.45, 7) is 0.0552. The Morgan fingerprint density at radius 3 is 2.95 bits per heavy atom. The SMILES string of the molecule is O=C(O)Cn1cc(C(=O)NCc2sccc2Br)nn1. The van der Waals surface area contributed by atoms with E-state index in [0.717, 1.165) is 14.0 Å². The number of hydrogen-bond donors (Lipinski definition) is 2. The molecule has 1 amide bonds. The average molecular weight is 345 g/mol. The fourth-order valence-corrected chi connectivity index (χ4v) is 2.75. The third-order valence-electron chi connectivity index (χ3n) is 2.17. The van der Waals surface area contributed by atoms with Crippen LogP contribution in [0.15, 0.2) is 22.1 Å². The van der Waals surface area contributed by atoms with Crippen LogP contribution >= 0.6 is 27.3 Å². The number of nitrogens with zero attached hydrogens (tertiary/aromatic N) is 3. The second kappa shape index (κ2) is 5.93. The zero-order valence-electron chi connectivity index (χ0n) is 9.54. The third-order valence-corrected chi connectivity index (χ3v) is 4.10. The quantitative estimate of drug-likeness (QED) is 0.846. The number of carbonyl (C=O) groups is 2. The fraction of sp³-hybridized carbons (Fsp3) is 0.200. The van der Waals surface area contributed by atoms with Gasteiger partial charge in [-0.1, -0.05) is 5.21 Å². The molecule has 0 saturated carbocycles. The van der Waals surface area contributed by atoms with Gasteiger partial charge in [-0.15, -0.1) is 16.4 Å². The van der Waals surface area contributed by atoms with Gasteiger partial charge >= 0.3 is 5.97 Å². The summed E-state index contributed by atoms with van der Waals surface area (Å²) in [7, 11) is 0. The highest BCUT2D eigenvalue weighted by atomic mass is 79.9. The minimum atomic E-state index is -1.04. The molecule has 0 aliphatic carbocycles. The van der Waals surface area contributed by atoms with Gasteiger partial charge < -0.3 is 10.4 Å². The number of nitrogens with one attached hydrogen (secondary N) is 1. The van der Waals surface area contributed by atoms with Gasteiger partial charge in [0.2, 0.25) is 0 Å². The first-order valence-corrected chi connectivity index (χ1v) is 6.85. The number of carboxylic acids is 1. The van der Waals surface area contributed by atoms with E-state index < -0.39 is 11.9 Å². The molecule has 2 rings (SSSR count). The van der Waals surface area contributed by atoms with E-state index in [1.807, 2.05) is 11.4 Å². The summed E-state index contributed by atoms with van der Waals surface area (Å²) < 4.78 is 2.03. The summed E-state index contributed by atoms with van der Waals surface area (Å²) in [5, 5.41) is 20.4. The van der Waals surface area contributed by atoms with Crippen LogP contribution < -0.4 is 5.32 Å². The van der Waals surface area contributed by atoms with Gasteiger partial charge in [0.05, 0.1) is 12.7 Å². The predicted molar refractivity (Wildman–Crippen MR) is 70.8 cm³/mol. The highest BCUT2D eigenvalue weighted by Crippen LogP contribution is 2.22. The van der Waals surface area contributed by atoms with E-state index in [1.165, 1.54) is 17.5 Å². The Hall–Kier alpha value is -1.74. The molecule has 0 saturated heterocycles. The predicted octanol–water partition coefficient (Wildman–Crippen LogP) is 1.12. The van der Waals surface area contributed by atoms with E-state index in [4.69, 9.17) is 5.11 Å². The lowest BCUT2D eigenvalue weighted by Gasteiger charge is -2.00. The standard InChI is InChI=1S/C10H9BrN4O3S/c11-6-1-2-19-8(6)3-12-10(18)7-4-15(14-13-7)5-9(16)17/h1-2,4H,3,5H2,(H,12,18)(H,16,17). The lowest BCUT2D eigenvalue weighted by Crippen LogP contribution is -2.22. The van der Waals surface area contributed by atoms with Crippen molar-refractivity contribution in [2.75, 3.05) is 0 Å². The molecule has 19 heavy (non-hydrogen) atoms. The Kier molecular flexibility index (Phi) is 4.27. The molecule has 0 bridgehead atoms. The second-order valence-electron chi connectivity index (χ2n) is 3.57. The number of hydrogen-bond acceptors (Lipinski definition) is 5. The van der Waals surface area contributed by atoms with Crippen LogP contribution in [0.4, 0.5) is 0 Å². The monoisotopic (exact) mass is 344 g/mol. The number of aromatic nitrogens is 3. The van der Waals surface area contributed by atoms with Crippen molar-refractivity contribution in [3.05, 3.63) is 32.7 Å². The van der Waals surface area contributed by atoms with Crippen molar-refractivity contribution in [3.8, 4) is 0 Å². The molecule has 0 aromatic carbocycles. The van der Waals surface area contributed by atoms with E-state index in [1.54, 1.807) is 0 Å². The van der Waals surface area contributed by atoms with Gasteiger partial charge in [-0.05, 0) is 27.4 Å². The molecule has 0 atom stereocenters. The molecule has 2 N–H and O–H groups in total. The molecular formula is C10H9BrN4O3S. The molecule has 0 aliphatic rings. The van der Waals surface area contributed by atoms with Crippen LogP contribution in [-0.4, -0.2) is 32.0 Å². The van der Waals surface area contributed by atoms with E-state index in [9.17, 15) is 9.59 Å². The molecule has 9 heteroatoms. The first-order chi connectivity index (χ1) is 9.06. The lowest BCUT2D eigenvalue weighted by molar-refractivity contribution is -0.137. The molecule has 2 aromatic heterocycles. The number of aliphatic carboxylic acids is 1. The van der Waals surface area contributed by atoms with Crippen molar-refractivity contribution < 1.29 is 14.7 Å². The van der Waals surface area contributed by atoms with Crippen molar-refractivity contribution in [1.82, 2.24) is 20.3 Å². The van der Waals surface area contributed by atoms with Crippen LogP contribution in [0.3, 0.4) is 0 Å². The van der Waals surface area contributed by atoms with Crippen LogP contribution in [0, 0.1) is 0 Å². The second-order valence-corrected chi connectivity index (χ2v) is 5.42. The maximum Gasteiger partial charge on any atom is 0.325 e. The van der Waals surface area contributed by atoms with Crippen LogP contribution in [0.5, 0.6) is 0 Å². The van der Waals surface area contributed by atoms with Gasteiger partial charge in [0.15, 0.2) is 5.69 Å². The topological polar surface area (TPSA) is 97.1 Å². The van der Waals surface area contributed by atoms with Gasteiger partial charge in [-0.25, -0.2) is 4.68 Å². The van der Waals surface area contributed by atoms with E-state index in [2.05, 4.69) is 31.6 Å². The lowest BCUT2D eigenvalue weighted by atomic mass is 10.4. The highest BCUT2D eigenvalue weighted by molar-refractivity contribution is 9.10. The average Bonchev–Trinajstić information content (AvgIpc) is 2.95. The van der Waals surface area contributed by atoms with Crippen molar-refractivity contribution in [2.24, 2.45) is 0 Å². The third kappa shape index (κ3) is 3.61. The zero-order valence-corrected chi connectivity index (χ0v) is 11.9. The van der Waals surface area contributed by atoms with Gasteiger partial charge in [0.1, 0.15) is 6.54 Å². The molecule has 100 valence electrons. The van der Waals surface area contributed by atoms with Crippen LogP contribution in [0.25, 0.3) is 0 Å². The van der Waals surface area contributed by atoms with Crippen molar-refractivity contribution in [1.29, 1.82) is 0 Å². The normalized spacial score (nSPS) is 10.4. The summed E-state index contributed by atoms with van der Waals surface area (Å²) >= 11 is 4.89. The van der Waals surface area contributed by atoms with Crippen molar-refractivity contribution in [3.63, 3.8) is 0 Å². The molecule has 0 aliphatic heterocycles. The molecule has 0 fully saturated rings. The summed E-state index contributed by atoms with van der Waals surface area (Å²) in [5.41, 5.74) is 0.0916. The maximum absolute atomic E-state index is 11.8. The summed E-state index contributed by atoms with van der Waals surface area (Å²) in [6, 6.07) is 1.90. The summed E-state index contributed by atoms with van der Waals surface area (Å²) in [5.74, 6) is -1.43. The Bertz CT molecular complexity index is 609. The summed E-state index contributed by atoms with van der Waals surface area (Å²) in [4.78, 5) is 23.2. The molecular weight excluding hydrogens is 336 g/mol. The fourth-order valence-electron chi connectivity index (χ4n) is 1.32.